The van der Waals surface area contributed by atoms with Crippen molar-refractivity contribution in [1.82, 2.24) is 24.8 Å². The molecule has 0 radical (unpaired) electrons. The van der Waals surface area contributed by atoms with Crippen LogP contribution >= 0.6 is 0 Å². The van der Waals surface area contributed by atoms with Gasteiger partial charge in [-0.05, 0) is 114 Å². The van der Waals surface area contributed by atoms with Crippen molar-refractivity contribution < 1.29 is 50.4 Å². The standard InChI is InChI=1S/C51H55F5N8O6/c1-27-40(51(54,55)56)35(21-37(41(27)52)62(23-29-9-14-33(66-7)15-10-29)24-30-11-16-34(67-8)17-12-30)43-42(53)44-39-46(60-48(59-44)68-26-38-31(22-57)19-20-61(38)6)63-25-32-13-18-36(45(63)28(2)69-47(39)58-43)64(32)49(65)70-50(3,4)5/h9-12,14-17,21,28,31-32,36,38,45H,13,18-20,23-26H2,1-8H3/t28-,31-,32+,36-,38-,45+/m0/s1. The monoisotopic (exact) mass is 970 g/mol. The fourth-order valence-electron chi connectivity index (χ4n) is 10.5. The first-order chi connectivity index (χ1) is 33.3. The highest BCUT2D eigenvalue weighted by molar-refractivity contribution is 5.98. The molecule has 4 aliphatic rings. The first-order valence-electron chi connectivity index (χ1n) is 23.3. The van der Waals surface area contributed by atoms with E-state index in [2.05, 4.69) is 16.0 Å². The molecule has 4 aliphatic heterocycles. The molecule has 3 aromatic carbocycles. The summed E-state index contributed by atoms with van der Waals surface area (Å²) in [5.74, 6) is -1.72. The number of carbonyl (C=O) groups is 1. The molecule has 1 amide bonds. The van der Waals surface area contributed by atoms with Gasteiger partial charge in [0.05, 0.1) is 61.6 Å². The lowest BCUT2D eigenvalue weighted by Gasteiger charge is -2.48. The molecule has 0 saturated carbocycles. The number of amides is 1. The smallest absolute Gasteiger partial charge is 0.417 e. The molecule has 0 N–H and O–H groups in total. The molecule has 3 fully saturated rings. The fourth-order valence-corrected chi connectivity index (χ4v) is 10.5. The van der Waals surface area contributed by atoms with Crippen molar-refractivity contribution in [3.63, 3.8) is 0 Å². The van der Waals surface area contributed by atoms with E-state index in [1.807, 2.05) is 16.8 Å². The molecule has 14 nitrogen and oxygen atoms in total. The number of hydrogen-bond acceptors (Lipinski definition) is 13. The minimum Gasteiger partial charge on any atom is -0.497 e. The predicted molar refractivity (Wildman–Crippen MR) is 250 cm³/mol. The Morgan fingerprint density at radius 2 is 1.57 bits per heavy atom. The number of rotatable bonds is 11. The Hall–Kier alpha value is -6.68. The van der Waals surface area contributed by atoms with E-state index in [9.17, 15) is 10.1 Å². The highest BCUT2D eigenvalue weighted by Gasteiger charge is 2.54. The second kappa shape index (κ2) is 18.6. The minimum atomic E-state index is -5.19. The number of nitrogens with zero attached hydrogens (tertiary/aromatic N) is 8. The Labute approximate surface area is 402 Å². The highest BCUT2D eigenvalue weighted by atomic mass is 19.4. The van der Waals surface area contributed by atoms with Crippen LogP contribution in [0.25, 0.3) is 22.2 Å². The first-order valence-corrected chi connectivity index (χ1v) is 23.3. The number of fused-ring (bicyclic) bond motifs is 5. The van der Waals surface area contributed by atoms with Crippen molar-refractivity contribution in [2.75, 3.05) is 50.8 Å². The zero-order chi connectivity index (χ0) is 50.0. The summed E-state index contributed by atoms with van der Waals surface area (Å²) in [4.78, 5) is 35.0. The van der Waals surface area contributed by atoms with Gasteiger partial charge in [-0.1, -0.05) is 24.3 Å². The maximum absolute atomic E-state index is 18.0. The number of pyridine rings is 1. The third-order valence-electron chi connectivity index (χ3n) is 13.9. The zero-order valence-electron chi connectivity index (χ0n) is 40.2. The van der Waals surface area contributed by atoms with E-state index >= 15 is 22.0 Å². The SMILES string of the molecule is COc1ccc(CN(Cc2ccc(OC)cc2)c2cc(-c3nc4c5c(nc(OC[C@H]6[C@H](C#N)CCN6C)nc5c3F)N3C[C@H]5CC[C@@H]([C@H]3[C@H](C)O4)N5C(=O)OC(C)(C)C)c(C(F)(F)F)c(C)c2F)cc1. The third-order valence-corrected chi connectivity index (χ3v) is 13.9. The van der Waals surface area contributed by atoms with E-state index in [0.717, 1.165) is 13.0 Å². The molecule has 3 saturated heterocycles. The molecular formula is C51H55F5N8O6. The van der Waals surface area contributed by atoms with Gasteiger partial charge in [-0.15, -0.1) is 0 Å². The molecule has 2 bridgehead atoms. The van der Waals surface area contributed by atoms with Crippen LogP contribution in [-0.2, 0) is 24.0 Å². The van der Waals surface area contributed by atoms with E-state index in [1.54, 1.807) is 86.0 Å². The van der Waals surface area contributed by atoms with Gasteiger partial charge in [0.15, 0.2) is 5.82 Å². The molecule has 5 aromatic rings. The number of halogens is 5. The molecule has 0 spiro atoms. The Morgan fingerprint density at radius 3 is 2.16 bits per heavy atom. The summed E-state index contributed by atoms with van der Waals surface area (Å²) >= 11 is 0. The van der Waals surface area contributed by atoms with Crippen LogP contribution in [0.1, 0.15) is 69.2 Å². The maximum Gasteiger partial charge on any atom is 0.417 e. The molecule has 0 unspecified atom stereocenters. The molecule has 70 heavy (non-hydrogen) atoms. The third kappa shape index (κ3) is 9.01. The number of piperazine rings is 1. The largest absolute Gasteiger partial charge is 0.497 e. The summed E-state index contributed by atoms with van der Waals surface area (Å²) in [6.45, 7) is 8.99. The van der Waals surface area contributed by atoms with Crippen molar-refractivity contribution in [3.8, 4) is 40.7 Å². The van der Waals surface area contributed by atoms with Gasteiger partial charge in [0, 0.05) is 25.2 Å². The van der Waals surface area contributed by atoms with Crippen molar-refractivity contribution in [2.24, 2.45) is 5.92 Å². The van der Waals surface area contributed by atoms with Gasteiger partial charge >= 0.3 is 18.3 Å². The maximum atomic E-state index is 18.0. The summed E-state index contributed by atoms with van der Waals surface area (Å²) in [7, 11) is 4.90. The molecular weight excluding hydrogens is 916 g/mol. The quantitative estimate of drug-likeness (QED) is 0.116. The Morgan fingerprint density at radius 1 is 0.929 bits per heavy atom. The van der Waals surface area contributed by atoms with Gasteiger partial charge in [0.1, 0.15) is 58.0 Å². The van der Waals surface area contributed by atoms with Crippen LogP contribution in [0.3, 0.4) is 0 Å². The lowest BCUT2D eigenvalue weighted by atomic mass is 9.95. The average Bonchev–Trinajstić information content (AvgIpc) is 3.80. The van der Waals surface area contributed by atoms with Crippen molar-refractivity contribution in [1.29, 1.82) is 5.26 Å². The van der Waals surface area contributed by atoms with Gasteiger partial charge in [0.2, 0.25) is 5.88 Å². The molecule has 0 aliphatic carbocycles. The second-order valence-electron chi connectivity index (χ2n) is 19.5. The molecule has 6 heterocycles. The summed E-state index contributed by atoms with van der Waals surface area (Å²) < 4.78 is 111. The predicted octanol–water partition coefficient (Wildman–Crippen LogP) is 9.48. The van der Waals surface area contributed by atoms with Crippen molar-refractivity contribution in [3.05, 3.63) is 88.5 Å². The normalized spacial score (nSPS) is 22.0. The first kappa shape index (κ1) is 48.3. The van der Waals surface area contributed by atoms with Crippen LogP contribution in [0, 0.1) is 35.8 Å². The van der Waals surface area contributed by atoms with Crippen LogP contribution in [0.4, 0.5) is 38.3 Å². The Kier molecular flexibility index (Phi) is 12.8. The highest BCUT2D eigenvalue weighted by Crippen LogP contribution is 2.49. The van der Waals surface area contributed by atoms with Crippen LogP contribution < -0.4 is 28.7 Å². The topological polar surface area (TPSA) is 139 Å². The molecule has 370 valence electrons. The summed E-state index contributed by atoms with van der Waals surface area (Å²) in [5, 5.41) is 9.91. The number of likely N-dealkylation sites (tertiary alicyclic amines) is 1. The number of methoxy groups -OCH3 is 2. The van der Waals surface area contributed by atoms with Gasteiger partial charge in [-0.3, -0.25) is 9.80 Å². The van der Waals surface area contributed by atoms with Gasteiger partial charge < -0.3 is 33.5 Å². The minimum absolute atomic E-state index is 0.00536. The van der Waals surface area contributed by atoms with Crippen LogP contribution in [0.2, 0.25) is 0 Å². The number of anilines is 2. The fraction of sp³-hybridized carbons (Fsp3) is 0.471. The van der Waals surface area contributed by atoms with Gasteiger partial charge in [-0.2, -0.15) is 28.4 Å². The van der Waals surface area contributed by atoms with Crippen LogP contribution in [0.15, 0.2) is 54.6 Å². The van der Waals surface area contributed by atoms with E-state index in [4.69, 9.17) is 28.7 Å². The molecule has 2 aromatic heterocycles. The number of hydrogen-bond donors (Lipinski definition) is 0. The number of ether oxygens (including phenoxy) is 5. The Balaban J connectivity index is 1.23. The van der Waals surface area contributed by atoms with Crippen LogP contribution in [-0.4, -0.2) is 108 Å². The molecule has 6 atom stereocenters. The van der Waals surface area contributed by atoms with Gasteiger partial charge in [0.25, 0.3) is 0 Å². The van der Waals surface area contributed by atoms with E-state index < -0.39 is 75.6 Å². The lowest BCUT2D eigenvalue weighted by molar-refractivity contribution is -0.137. The number of likely N-dealkylation sites (N-methyl/N-ethyl adjacent to an activating group) is 1. The molecule has 19 heteroatoms. The lowest BCUT2D eigenvalue weighted by Crippen LogP contribution is -2.65. The van der Waals surface area contributed by atoms with Crippen molar-refractivity contribution in [2.45, 2.75) is 109 Å². The second-order valence-corrected chi connectivity index (χ2v) is 19.5. The number of alkyl halides is 3. The number of carbonyl (C=O) groups excluding carboxylic acids is 1. The number of benzene rings is 3. The molecule has 9 rings (SSSR count). The van der Waals surface area contributed by atoms with E-state index in [1.165, 1.54) is 14.2 Å². The summed E-state index contributed by atoms with van der Waals surface area (Å²) in [5.41, 5.74) is -3.83. The van der Waals surface area contributed by atoms with Crippen LogP contribution in [0.5, 0.6) is 23.4 Å². The number of aromatic nitrogens is 3. The zero-order valence-corrected chi connectivity index (χ0v) is 40.2. The summed E-state index contributed by atoms with van der Waals surface area (Å²) in [6, 6.07) is 15.2. The Bertz CT molecular complexity index is 2790. The summed E-state index contributed by atoms with van der Waals surface area (Å²) in [6.07, 6.45) is -4.69. The van der Waals surface area contributed by atoms with E-state index in [0.29, 0.717) is 48.4 Å². The van der Waals surface area contributed by atoms with E-state index in [-0.39, 0.29) is 73.0 Å². The number of nitriles is 1. The average molecular weight is 971 g/mol. The van der Waals surface area contributed by atoms with Crippen molar-refractivity contribution >= 4 is 28.5 Å². The van der Waals surface area contributed by atoms with Gasteiger partial charge in [-0.25, -0.2) is 18.6 Å².